The molecule has 1 atom stereocenters. The molecule has 0 saturated carbocycles. The fraction of sp³-hybridized carbons (Fsp3) is 0.235. The van der Waals surface area contributed by atoms with Crippen molar-refractivity contribution >= 4 is 23.4 Å². The van der Waals surface area contributed by atoms with E-state index in [-0.39, 0.29) is 11.8 Å². The summed E-state index contributed by atoms with van der Waals surface area (Å²) in [6, 6.07) is 16.1. The molecule has 0 radical (unpaired) electrons. The minimum atomic E-state index is -2.52. The summed E-state index contributed by atoms with van der Waals surface area (Å²) in [7, 11) is 0. The van der Waals surface area contributed by atoms with E-state index in [1.807, 2.05) is 37.3 Å². The monoisotopic (exact) mass is 321 g/mol. The highest BCUT2D eigenvalue weighted by Crippen LogP contribution is 2.32. The molecule has 2 nitrogen and oxygen atoms in total. The molecule has 2 rings (SSSR count). The van der Waals surface area contributed by atoms with Crippen molar-refractivity contribution in [1.29, 1.82) is 0 Å². The van der Waals surface area contributed by atoms with Crippen molar-refractivity contribution in [2.75, 3.05) is 5.32 Å². The SMILES string of the molecule is CCC(C(=O)Nc1ccccc1SC(F)F)c1ccccc1. The van der Waals surface area contributed by atoms with Crippen LogP contribution in [0.2, 0.25) is 0 Å². The van der Waals surface area contributed by atoms with Crippen LogP contribution < -0.4 is 5.32 Å². The minimum Gasteiger partial charge on any atom is -0.325 e. The van der Waals surface area contributed by atoms with Crippen LogP contribution in [0.5, 0.6) is 0 Å². The molecule has 22 heavy (non-hydrogen) atoms. The molecule has 1 N–H and O–H groups in total. The van der Waals surface area contributed by atoms with E-state index in [9.17, 15) is 13.6 Å². The highest BCUT2D eigenvalue weighted by atomic mass is 32.2. The Kier molecular flexibility index (Phi) is 5.95. The van der Waals surface area contributed by atoms with Gasteiger partial charge < -0.3 is 5.32 Å². The van der Waals surface area contributed by atoms with Gasteiger partial charge in [0.15, 0.2) is 0 Å². The van der Waals surface area contributed by atoms with Crippen LogP contribution in [0.3, 0.4) is 0 Å². The predicted molar refractivity (Wildman–Crippen MR) is 86.4 cm³/mol. The van der Waals surface area contributed by atoms with Crippen molar-refractivity contribution < 1.29 is 13.6 Å². The fourth-order valence-electron chi connectivity index (χ4n) is 2.25. The van der Waals surface area contributed by atoms with Crippen LogP contribution in [0.15, 0.2) is 59.5 Å². The molecule has 1 amide bonds. The molecule has 0 aliphatic rings. The Labute approximate surface area is 132 Å². The molecular formula is C17H17F2NOS. The van der Waals surface area contributed by atoms with Gasteiger partial charge in [0, 0.05) is 4.90 Å². The molecule has 1 unspecified atom stereocenters. The third kappa shape index (κ3) is 4.31. The van der Waals surface area contributed by atoms with Crippen molar-refractivity contribution in [3.8, 4) is 0 Å². The Balaban J connectivity index is 2.17. The number of rotatable bonds is 6. The number of thioether (sulfide) groups is 1. The van der Waals surface area contributed by atoms with Crippen LogP contribution in [0.1, 0.15) is 24.8 Å². The third-order valence-corrected chi connectivity index (χ3v) is 4.08. The molecule has 2 aromatic carbocycles. The Hall–Kier alpha value is -1.88. The predicted octanol–water partition coefficient (Wildman–Crippen LogP) is 5.13. The van der Waals surface area contributed by atoms with Gasteiger partial charge in [-0.05, 0) is 24.1 Å². The largest absolute Gasteiger partial charge is 0.325 e. The number of anilines is 1. The maximum atomic E-state index is 12.6. The molecule has 0 fully saturated rings. The molecule has 0 spiro atoms. The van der Waals surface area contributed by atoms with E-state index in [1.54, 1.807) is 24.3 Å². The quantitative estimate of drug-likeness (QED) is 0.747. The summed E-state index contributed by atoms with van der Waals surface area (Å²) in [5.41, 5.74) is 1.34. The van der Waals surface area contributed by atoms with Gasteiger partial charge in [-0.15, -0.1) is 0 Å². The maximum Gasteiger partial charge on any atom is 0.288 e. The van der Waals surface area contributed by atoms with Crippen LogP contribution in [0, 0.1) is 0 Å². The number of halogens is 2. The van der Waals surface area contributed by atoms with E-state index in [2.05, 4.69) is 5.32 Å². The van der Waals surface area contributed by atoms with E-state index < -0.39 is 5.76 Å². The minimum absolute atomic E-state index is 0.184. The summed E-state index contributed by atoms with van der Waals surface area (Å²) in [4.78, 5) is 12.8. The summed E-state index contributed by atoms with van der Waals surface area (Å²) >= 11 is 0.434. The molecular weight excluding hydrogens is 304 g/mol. The Bertz CT molecular complexity index is 619. The summed E-state index contributed by atoms with van der Waals surface area (Å²) in [6.07, 6.45) is 0.639. The van der Waals surface area contributed by atoms with Crippen molar-refractivity contribution in [2.45, 2.75) is 29.9 Å². The van der Waals surface area contributed by atoms with Gasteiger partial charge in [0.05, 0.1) is 11.6 Å². The zero-order valence-electron chi connectivity index (χ0n) is 12.1. The second-order valence-corrected chi connectivity index (χ2v) is 5.77. The first-order valence-corrected chi connectivity index (χ1v) is 7.89. The standard InChI is InChI=1S/C17H17F2NOS/c1-2-13(12-8-4-3-5-9-12)16(21)20-14-10-6-7-11-15(14)22-17(18)19/h3-11,13,17H,2H2,1H3,(H,20,21). The first kappa shape index (κ1) is 16.5. The molecule has 0 aromatic heterocycles. The number of nitrogens with one attached hydrogen (secondary N) is 1. The molecule has 116 valence electrons. The Morgan fingerprint density at radius 1 is 1.09 bits per heavy atom. The van der Waals surface area contributed by atoms with Gasteiger partial charge in [-0.1, -0.05) is 61.2 Å². The lowest BCUT2D eigenvalue weighted by Gasteiger charge is -2.17. The number of para-hydroxylation sites is 1. The number of carbonyl (C=O) groups is 1. The summed E-state index contributed by atoms with van der Waals surface area (Å²) in [5, 5.41) is 2.77. The van der Waals surface area contributed by atoms with Crippen LogP contribution in [0.4, 0.5) is 14.5 Å². The van der Waals surface area contributed by atoms with E-state index in [1.165, 1.54) is 0 Å². The lowest BCUT2D eigenvalue weighted by atomic mass is 9.95. The van der Waals surface area contributed by atoms with Gasteiger partial charge in [0.25, 0.3) is 5.76 Å². The van der Waals surface area contributed by atoms with Crippen molar-refractivity contribution in [1.82, 2.24) is 0 Å². The van der Waals surface area contributed by atoms with Gasteiger partial charge in [0.1, 0.15) is 0 Å². The van der Waals surface area contributed by atoms with Crippen LogP contribution in [0.25, 0.3) is 0 Å². The number of hydrogen-bond donors (Lipinski definition) is 1. The van der Waals surface area contributed by atoms with Gasteiger partial charge >= 0.3 is 0 Å². The Morgan fingerprint density at radius 2 is 1.73 bits per heavy atom. The summed E-state index contributed by atoms with van der Waals surface area (Å²) in [6.45, 7) is 1.93. The number of alkyl halides is 2. The second-order valence-electron chi connectivity index (χ2n) is 4.74. The first-order chi connectivity index (χ1) is 10.6. The van der Waals surface area contributed by atoms with E-state index >= 15 is 0 Å². The van der Waals surface area contributed by atoms with E-state index in [0.717, 1.165) is 5.56 Å². The molecule has 0 bridgehead atoms. The first-order valence-electron chi connectivity index (χ1n) is 7.01. The summed E-state index contributed by atoms with van der Waals surface area (Å²) < 4.78 is 25.2. The van der Waals surface area contributed by atoms with Crippen molar-refractivity contribution in [3.63, 3.8) is 0 Å². The molecule has 5 heteroatoms. The molecule has 0 heterocycles. The molecule has 2 aromatic rings. The average molecular weight is 321 g/mol. The molecule has 0 aliphatic carbocycles. The Morgan fingerprint density at radius 3 is 2.36 bits per heavy atom. The van der Waals surface area contributed by atoms with Gasteiger partial charge in [-0.3, -0.25) is 4.79 Å². The smallest absolute Gasteiger partial charge is 0.288 e. The van der Waals surface area contributed by atoms with Crippen LogP contribution >= 0.6 is 11.8 Å². The third-order valence-electron chi connectivity index (χ3n) is 3.29. The summed E-state index contributed by atoms with van der Waals surface area (Å²) in [5.74, 6) is -3.00. The highest BCUT2D eigenvalue weighted by Gasteiger charge is 2.20. The fourth-order valence-corrected chi connectivity index (χ4v) is 2.84. The number of amides is 1. The van der Waals surface area contributed by atoms with E-state index in [4.69, 9.17) is 0 Å². The normalized spacial score (nSPS) is 12.2. The zero-order chi connectivity index (χ0) is 15.9. The van der Waals surface area contributed by atoms with Crippen LogP contribution in [-0.4, -0.2) is 11.7 Å². The number of carbonyl (C=O) groups excluding carboxylic acids is 1. The van der Waals surface area contributed by atoms with Crippen molar-refractivity contribution in [2.24, 2.45) is 0 Å². The molecule has 0 aliphatic heterocycles. The lowest BCUT2D eigenvalue weighted by molar-refractivity contribution is -0.117. The highest BCUT2D eigenvalue weighted by molar-refractivity contribution is 7.99. The topological polar surface area (TPSA) is 29.1 Å². The second kappa shape index (κ2) is 7.94. The van der Waals surface area contributed by atoms with Crippen LogP contribution in [-0.2, 0) is 4.79 Å². The van der Waals surface area contributed by atoms with Crippen molar-refractivity contribution in [3.05, 3.63) is 60.2 Å². The number of hydrogen-bond acceptors (Lipinski definition) is 2. The van der Waals surface area contributed by atoms with Gasteiger partial charge in [-0.2, -0.15) is 8.78 Å². The average Bonchev–Trinajstić information content (AvgIpc) is 2.50. The van der Waals surface area contributed by atoms with Gasteiger partial charge in [-0.25, -0.2) is 0 Å². The zero-order valence-corrected chi connectivity index (χ0v) is 12.9. The maximum absolute atomic E-state index is 12.6. The van der Waals surface area contributed by atoms with Gasteiger partial charge in [0.2, 0.25) is 5.91 Å². The number of benzene rings is 2. The lowest BCUT2D eigenvalue weighted by Crippen LogP contribution is -2.21. The molecule has 0 saturated heterocycles. The van der Waals surface area contributed by atoms with E-state index in [0.29, 0.717) is 28.8 Å².